The molecular weight excluding hydrogens is 258 g/mol. The van der Waals surface area contributed by atoms with Crippen LogP contribution >= 0.6 is 0 Å². The molecule has 0 bridgehead atoms. The molecule has 2 N–H and O–H groups in total. The Morgan fingerprint density at radius 2 is 2.15 bits per heavy atom. The fourth-order valence-electron chi connectivity index (χ4n) is 1.80. The molecule has 0 aliphatic heterocycles. The van der Waals surface area contributed by atoms with Crippen LogP contribution in [0.15, 0.2) is 42.7 Å². The lowest BCUT2D eigenvalue weighted by Gasteiger charge is -2.07. The second-order valence-corrected chi connectivity index (χ2v) is 4.35. The van der Waals surface area contributed by atoms with E-state index in [9.17, 15) is 9.59 Å². The standard InChI is InChI=1S/C14H15N3O3/c18-13(10-17-8-2-7-15-17)16-12-4-1-3-11(9-12)5-6-14(19)20/h1-4,7-9H,5-6,10H2,(H,16,18)(H,19,20). The fourth-order valence-corrected chi connectivity index (χ4v) is 1.80. The highest BCUT2D eigenvalue weighted by Crippen LogP contribution is 2.12. The van der Waals surface area contributed by atoms with E-state index in [1.807, 2.05) is 6.07 Å². The molecular formula is C14H15N3O3. The number of carboxylic acids is 1. The number of rotatable bonds is 6. The van der Waals surface area contributed by atoms with Crippen molar-refractivity contribution in [2.75, 3.05) is 5.32 Å². The first-order chi connectivity index (χ1) is 9.63. The van der Waals surface area contributed by atoms with Crippen molar-refractivity contribution in [3.8, 4) is 0 Å². The van der Waals surface area contributed by atoms with E-state index >= 15 is 0 Å². The first-order valence-corrected chi connectivity index (χ1v) is 6.21. The molecule has 0 fully saturated rings. The Labute approximate surface area is 116 Å². The number of carbonyl (C=O) groups is 2. The van der Waals surface area contributed by atoms with Crippen LogP contribution in [-0.4, -0.2) is 26.8 Å². The molecule has 0 unspecified atom stereocenters. The van der Waals surface area contributed by atoms with E-state index in [2.05, 4.69) is 10.4 Å². The van der Waals surface area contributed by atoms with Crippen molar-refractivity contribution in [1.29, 1.82) is 0 Å². The molecule has 2 aromatic rings. The van der Waals surface area contributed by atoms with Crippen molar-refractivity contribution >= 4 is 17.6 Å². The molecule has 6 heteroatoms. The topological polar surface area (TPSA) is 84.2 Å². The summed E-state index contributed by atoms with van der Waals surface area (Å²) in [5, 5.41) is 15.4. The SMILES string of the molecule is O=C(O)CCc1cccc(NC(=O)Cn2cccn2)c1. The van der Waals surface area contributed by atoms with E-state index in [1.54, 1.807) is 36.7 Å². The second kappa shape index (κ2) is 6.51. The molecule has 0 spiro atoms. The van der Waals surface area contributed by atoms with Gasteiger partial charge >= 0.3 is 5.97 Å². The van der Waals surface area contributed by atoms with Gasteiger partial charge < -0.3 is 10.4 Å². The molecule has 0 aliphatic rings. The third-order valence-electron chi connectivity index (χ3n) is 2.70. The number of carbonyl (C=O) groups excluding carboxylic acids is 1. The highest BCUT2D eigenvalue weighted by molar-refractivity contribution is 5.90. The van der Waals surface area contributed by atoms with Gasteiger partial charge in [-0.1, -0.05) is 12.1 Å². The average molecular weight is 273 g/mol. The lowest BCUT2D eigenvalue weighted by atomic mass is 10.1. The number of amides is 1. The molecule has 6 nitrogen and oxygen atoms in total. The van der Waals surface area contributed by atoms with Crippen LogP contribution in [-0.2, 0) is 22.6 Å². The fraction of sp³-hybridized carbons (Fsp3) is 0.214. The number of aliphatic carboxylic acids is 1. The van der Waals surface area contributed by atoms with Crippen molar-refractivity contribution in [1.82, 2.24) is 9.78 Å². The minimum absolute atomic E-state index is 0.0741. The summed E-state index contributed by atoms with van der Waals surface area (Å²) in [6.45, 7) is 0.145. The smallest absolute Gasteiger partial charge is 0.303 e. The van der Waals surface area contributed by atoms with Crippen molar-refractivity contribution in [3.05, 3.63) is 48.3 Å². The van der Waals surface area contributed by atoms with Gasteiger partial charge in [0.05, 0.1) is 0 Å². The summed E-state index contributed by atoms with van der Waals surface area (Å²) in [5.41, 5.74) is 1.54. The van der Waals surface area contributed by atoms with Crippen LogP contribution in [0.4, 0.5) is 5.69 Å². The molecule has 0 saturated carbocycles. The van der Waals surface area contributed by atoms with Crippen molar-refractivity contribution in [3.63, 3.8) is 0 Å². The summed E-state index contributed by atoms with van der Waals surface area (Å²) in [5.74, 6) is -1.01. The number of carboxylic acid groups (broad SMARTS) is 1. The maximum atomic E-state index is 11.8. The van der Waals surface area contributed by atoms with E-state index in [-0.39, 0.29) is 18.9 Å². The lowest BCUT2D eigenvalue weighted by molar-refractivity contribution is -0.137. The Bertz CT molecular complexity index is 593. The summed E-state index contributed by atoms with van der Waals surface area (Å²) >= 11 is 0. The zero-order valence-corrected chi connectivity index (χ0v) is 10.8. The molecule has 104 valence electrons. The number of aryl methyl sites for hydroxylation is 1. The summed E-state index contributed by atoms with van der Waals surface area (Å²) < 4.78 is 1.53. The highest BCUT2D eigenvalue weighted by Gasteiger charge is 2.05. The van der Waals surface area contributed by atoms with Gasteiger partial charge in [0.25, 0.3) is 0 Å². The molecule has 0 saturated heterocycles. The maximum absolute atomic E-state index is 11.8. The van der Waals surface area contributed by atoms with Crippen LogP contribution in [0.1, 0.15) is 12.0 Å². The Balaban J connectivity index is 1.93. The average Bonchev–Trinajstić information content (AvgIpc) is 2.89. The van der Waals surface area contributed by atoms with E-state index < -0.39 is 5.97 Å². The van der Waals surface area contributed by atoms with Gasteiger partial charge in [-0.3, -0.25) is 14.3 Å². The number of benzene rings is 1. The van der Waals surface area contributed by atoms with E-state index in [0.29, 0.717) is 12.1 Å². The number of nitrogens with one attached hydrogen (secondary N) is 1. The van der Waals surface area contributed by atoms with Gasteiger partial charge in [0.15, 0.2) is 0 Å². The largest absolute Gasteiger partial charge is 0.481 e. The number of aromatic nitrogens is 2. The van der Waals surface area contributed by atoms with Gasteiger partial charge in [0.2, 0.25) is 5.91 Å². The monoisotopic (exact) mass is 273 g/mol. The number of hydrogen-bond donors (Lipinski definition) is 2. The van der Waals surface area contributed by atoms with Crippen LogP contribution in [0.2, 0.25) is 0 Å². The molecule has 0 aliphatic carbocycles. The molecule has 2 rings (SSSR count). The van der Waals surface area contributed by atoms with E-state index in [1.165, 1.54) is 4.68 Å². The molecule has 20 heavy (non-hydrogen) atoms. The molecule has 1 aromatic heterocycles. The molecule has 0 radical (unpaired) electrons. The number of hydrogen-bond acceptors (Lipinski definition) is 3. The predicted octanol–water partition coefficient (Wildman–Crippen LogP) is 1.54. The predicted molar refractivity (Wildman–Crippen MR) is 73.3 cm³/mol. The molecule has 1 heterocycles. The van der Waals surface area contributed by atoms with Crippen molar-refractivity contribution in [2.45, 2.75) is 19.4 Å². The Hall–Kier alpha value is -2.63. The Morgan fingerprint density at radius 1 is 1.30 bits per heavy atom. The van der Waals surface area contributed by atoms with E-state index in [0.717, 1.165) is 5.56 Å². The van der Waals surface area contributed by atoms with Crippen LogP contribution in [0.5, 0.6) is 0 Å². The summed E-state index contributed by atoms with van der Waals surface area (Å²) in [7, 11) is 0. The summed E-state index contributed by atoms with van der Waals surface area (Å²) in [4.78, 5) is 22.3. The molecule has 0 atom stereocenters. The van der Waals surface area contributed by atoms with Crippen LogP contribution < -0.4 is 5.32 Å². The zero-order chi connectivity index (χ0) is 14.4. The van der Waals surface area contributed by atoms with Gasteiger partial charge in [-0.15, -0.1) is 0 Å². The van der Waals surface area contributed by atoms with Crippen LogP contribution in [0.25, 0.3) is 0 Å². The second-order valence-electron chi connectivity index (χ2n) is 4.35. The quantitative estimate of drug-likeness (QED) is 0.836. The molecule has 1 amide bonds. The van der Waals surface area contributed by atoms with Gasteiger partial charge in [-0.2, -0.15) is 5.10 Å². The third-order valence-corrected chi connectivity index (χ3v) is 2.70. The van der Waals surface area contributed by atoms with Crippen molar-refractivity contribution < 1.29 is 14.7 Å². The molecule has 1 aromatic carbocycles. The van der Waals surface area contributed by atoms with Gasteiger partial charge in [-0.25, -0.2) is 0 Å². The van der Waals surface area contributed by atoms with Crippen LogP contribution in [0.3, 0.4) is 0 Å². The number of nitrogens with zero attached hydrogens (tertiary/aromatic N) is 2. The minimum atomic E-state index is -0.835. The van der Waals surface area contributed by atoms with E-state index in [4.69, 9.17) is 5.11 Å². The third kappa shape index (κ3) is 4.24. The van der Waals surface area contributed by atoms with Crippen molar-refractivity contribution in [2.24, 2.45) is 0 Å². The maximum Gasteiger partial charge on any atom is 0.303 e. The summed E-state index contributed by atoms with van der Waals surface area (Å²) in [6.07, 6.45) is 3.84. The first-order valence-electron chi connectivity index (χ1n) is 6.21. The summed E-state index contributed by atoms with van der Waals surface area (Å²) in [6, 6.07) is 8.93. The minimum Gasteiger partial charge on any atom is -0.481 e. The zero-order valence-electron chi connectivity index (χ0n) is 10.8. The van der Waals surface area contributed by atoms with Gasteiger partial charge in [0.1, 0.15) is 6.54 Å². The Kier molecular flexibility index (Phi) is 4.49. The normalized spacial score (nSPS) is 10.2. The van der Waals surface area contributed by atoms with Crippen LogP contribution in [0, 0.1) is 0 Å². The first kappa shape index (κ1) is 13.8. The number of anilines is 1. The lowest BCUT2D eigenvalue weighted by Crippen LogP contribution is -2.19. The van der Waals surface area contributed by atoms with Gasteiger partial charge in [-0.05, 0) is 30.2 Å². The van der Waals surface area contributed by atoms with Gasteiger partial charge in [0, 0.05) is 24.5 Å². The highest BCUT2D eigenvalue weighted by atomic mass is 16.4. The Morgan fingerprint density at radius 3 is 2.85 bits per heavy atom.